The van der Waals surface area contributed by atoms with Gasteiger partial charge in [-0.05, 0) is 5.56 Å². The second-order valence-electron chi connectivity index (χ2n) is 5.00. The molecule has 0 saturated carbocycles. The second-order valence-corrected chi connectivity index (χ2v) is 5.00. The molecule has 0 aliphatic carbocycles. The van der Waals surface area contributed by atoms with Crippen LogP contribution in [0.4, 0.5) is 4.79 Å². The van der Waals surface area contributed by atoms with Crippen LogP contribution in [0.3, 0.4) is 0 Å². The summed E-state index contributed by atoms with van der Waals surface area (Å²) in [5, 5.41) is 40.1. The summed E-state index contributed by atoms with van der Waals surface area (Å²) in [4.78, 5) is 22.5. The smallest absolute Gasteiger partial charge is 0.407 e. The van der Waals surface area contributed by atoms with Crippen LogP contribution < -0.4 is 5.32 Å². The minimum absolute atomic E-state index is 0.0350. The predicted octanol–water partition coefficient (Wildman–Crippen LogP) is -1.19. The molecule has 0 aromatic heterocycles. The molecule has 1 fully saturated rings. The van der Waals surface area contributed by atoms with E-state index in [1.165, 1.54) is 0 Å². The van der Waals surface area contributed by atoms with Crippen molar-refractivity contribution in [2.75, 3.05) is 0 Å². The first kappa shape index (κ1) is 17.2. The predicted molar refractivity (Wildman–Crippen MR) is 74.1 cm³/mol. The van der Waals surface area contributed by atoms with Gasteiger partial charge >= 0.3 is 12.1 Å². The van der Waals surface area contributed by atoms with E-state index in [-0.39, 0.29) is 6.61 Å². The third-order valence-corrected chi connectivity index (χ3v) is 3.36. The van der Waals surface area contributed by atoms with Gasteiger partial charge in [-0.15, -0.1) is 0 Å². The lowest BCUT2D eigenvalue weighted by Crippen LogP contribution is -2.65. The summed E-state index contributed by atoms with van der Waals surface area (Å²) < 4.78 is 9.59. The zero-order valence-corrected chi connectivity index (χ0v) is 11.9. The summed E-state index contributed by atoms with van der Waals surface area (Å²) in [6.07, 6.45) is -8.10. The molecule has 0 unspecified atom stereocenters. The first-order chi connectivity index (χ1) is 10.9. The van der Waals surface area contributed by atoms with Crippen LogP contribution in [0.2, 0.25) is 0 Å². The average Bonchev–Trinajstić information content (AvgIpc) is 2.53. The van der Waals surface area contributed by atoms with Crippen molar-refractivity contribution in [3.8, 4) is 0 Å². The molecule has 0 spiro atoms. The molecule has 2 rings (SSSR count). The molecule has 9 nitrogen and oxygen atoms in total. The Morgan fingerprint density at radius 3 is 2.39 bits per heavy atom. The van der Waals surface area contributed by atoms with Gasteiger partial charge in [-0.3, -0.25) is 0 Å². The first-order valence-electron chi connectivity index (χ1n) is 6.80. The Hall–Kier alpha value is -2.20. The van der Waals surface area contributed by atoms with E-state index in [1.54, 1.807) is 30.3 Å². The van der Waals surface area contributed by atoms with Gasteiger partial charge in [0.25, 0.3) is 0 Å². The van der Waals surface area contributed by atoms with E-state index >= 15 is 0 Å². The number of aliphatic hydroxyl groups excluding tert-OH is 3. The van der Waals surface area contributed by atoms with Gasteiger partial charge in [0.05, 0.1) is 0 Å². The standard InChI is InChI=1S/C14H17NO8/c16-9-8(13(20)23-11(10(9)17)12(18)19)15-14(21)22-6-7-4-2-1-3-5-7/h1-5,8-11,13,16-17,20H,6H2,(H,15,21)(H,18,19)/t8-,9-,10+,11+,13+/m1/s1. The fourth-order valence-electron chi connectivity index (χ4n) is 2.14. The van der Waals surface area contributed by atoms with Gasteiger partial charge in [0.2, 0.25) is 0 Å². The number of carboxylic acids is 1. The van der Waals surface area contributed by atoms with Gasteiger partial charge in [-0.25, -0.2) is 9.59 Å². The number of carbonyl (C=O) groups excluding carboxylic acids is 1. The number of carboxylic acid groups (broad SMARTS) is 1. The van der Waals surface area contributed by atoms with E-state index in [2.05, 4.69) is 10.1 Å². The highest BCUT2D eigenvalue weighted by atomic mass is 16.6. The van der Waals surface area contributed by atoms with E-state index in [9.17, 15) is 24.9 Å². The van der Waals surface area contributed by atoms with E-state index in [1.807, 2.05) is 0 Å². The fraction of sp³-hybridized carbons (Fsp3) is 0.429. The van der Waals surface area contributed by atoms with E-state index in [4.69, 9.17) is 9.84 Å². The molecule has 0 bridgehead atoms. The second kappa shape index (κ2) is 7.38. The van der Waals surface area contributed by atoms with Gasteiger partial charge < -0.3 is 35.2 Å². The molecule has 1 aromatic carbocycles. The van der Waals surface area contributed by atoms with Crippen LogP contribution in [-0.4, -0.2) is 63.1 Å². The summed E-state index contributed by atoms with van der Waals surface area (Å²) in [5.41, 5.74) is 0.731. The summed E-state index contributed by atoms with van der Waals surface area (Å²) in [7, 11) is 0. The number of amides is 1. The Morgan fingerprint density at radius 1 is 1.13 bits per heavy atom. The number of hydrogen-bond donors (Lipinski definition) is 5. The Balaban J connectivity index is 1.91. The van der Waals surface area contributed by atoms with Crippen molar-refractivity contribution in [1.82, 2.24) is 5.32 Å². The Bertz CT molecular complexity index is 551. The molecule has 5 N–H and O–H groups in total. The number of ether oxygens (including phenoxy) is 2. The number of aliphatic hydroxyl groups is 3. The SMILES string of the molecule is O=C(N[C@@H]1[C@@H](O)[C@H](O)[C@@H](C(=O)O)O[C@@H]1O)OCc1ccccc1. The van der Waals surface area contributed by atoms with Crippen molar-refractivity contribution in [3.63, 3.8) is 0 Å². The molecule has 23 heavy (non-hydrogen) atoms. The van der Waals surface area contributed by atoms with Crippen molar-refractivity contribution in [1.29, 1.82) is 0 Å². The molecule has 1 aromatic rings. The third-order valence-electron chi connectivity index (χ3n) is 3.36. The molecular weight excluding hydrogens is 310 g/mol. The van der Waals surface area contributed by atoms with Crippen LogP contribution in [0.15, 0.2) is 30.3 Å². The summed E-state index contributed by atoms with van der Waals surface area (Å²) >= 11 is 0. The van der Waals surface area contributed by atoms with E-state index in [0.29, 0.717) is 0 Å². The molecule has 9 heteroatoms. The lowest BCUT2D eigenvalue weighted by atomic mass is 9.97. The van der Waals surface area contributed by atoms with Crippen LogP contribution in [0.1, 0.15) is 5.56 Å². The molecule has 1 aliphatic heterocycles. The van der Waals surface area contributed by atoms with E-state index in [0.717, 1.165) is 5.56 Å². The molecule has 1 saturated heterocycles. The molecule has 1 aliphatic rings. The monoisotopic (exact) mass is 327 g/mol. The third kappa shape index (κ3) is 4.17. The fourth-order valence-corrected chi connectivity index (χ4v) is 2.14. The Morgan fingerprint density at radius 2 is 1.78 bits per heavy atom. The minimum Gasteiger partial charge on any atom is -0.479 e. The number of nitrogens with one attached hydrogen (secondary N) is 1. The number of aliphatic carboxylic acids is 1. The van der Waals surface area contributed by atoms with Crippen LogP contribution >= 0.6 is 0 Å². The van der Waals surface area contributed by atoms with Crippen molar-refractivity contribution >= 4 is 12.1 Å². The lowest BCUT2D eigenvalue weighted by Gasteiger charge is -2.38. The van der Waals surface area contributed by atoms with Gasteiger partial charge in [-0.1, -0.05) is 30.3 Å². The zero-order valence-electron chi connectivity index (χ0n) is 11.9. The van der Waals surface area contributed by atoms with Crippen LogP contribution in [-0.2, 0) is 20.9 Å². The highest BCUT2D eigenvalue weighted by molar-refractivity contribution is 5.73. The largest absolute Gasteiger partial charge is 0.479 e. The van der Waals surface area contributed by atoms with Crippen LogP contribution in [0, 0.1) is 0 Å². The zero-order chi connectivity index (χ0) is 17.0. The summed E-state index contributed by atoms with van der Waals surface area (Å²) in [6, 6.07) is 7.38. The number of rotatable bonds is 4. The van der Waals surface area contributed by atoms with Gasteiger partial charge in [0.1, 0.15) is 24.9 Å². The topological polar surface area (TPSA) is 146 Å². The van der Waals surface area contributed by atoms with Crippen molar-refractivity contribution in [3.05, 3.63) is 35.9 Å². The van der Waals surface area contributed by atoms with Crippen molar-refractivity contribution < 1.29 is 39.5 Å². The molecule has 1 amide bonds. The average molecular weight is 327 g/mol. The Kier molecular flexibility index (Phi) is 5.50. The number of hydrogen-bond acceptors (Lipinski definition) is 7. The van der Waals surface area contributed by atoms with Gasteiger partial charge in [0.15, 0.2) is 12.4 Å². The highest BCUT2D eigenvalue weighted by Crippen LogP contribution is 2.20. The van der Waals surface area contributed by atoms with E-state index < -0.39 is 42.7 Å². The highest BCUT2D eigenvalue weighted by Gasteiger charge is 2.47. The molecule has 1 heterocycles. The maximum absolute atomic E-state index is 11.7. The molecule has 0 radical (unpaired) electrons. The van der Waals surface area contributed by atoms with Gasteiger partial charge in [-0.2, -0.15) is 0 Å². The molecular formula is C14H17NO8. The Labute approximate surface area is 131 Å². The van der Waals surface area contributed by atoms with Crippen molar-refractivity contribution in [2.24, 2.45) is 0 Å². The molecule has 5 atom stereocenters. The summed E-state index contributed by atoms with van der Waals surface area (Å²) in [6.45, 7) is -0.0350. The number of alkyl carbamates (subject to hydrolysis) is 1. The quantitative estimate of drug-likeness (QED) is 0.464. The van der Waals surface area contributed by atoms with Gasteiger partial charge in [0, 0.05) is 0 Å². The maximum Gasteiger partial charge on any atom is 0.407 e. The first-order valence-corrected chi connectivity index (χ1v) is 6.80. The van der Waals surface area contributed by atoms with Crippen molar-refractivity contribution in [2.45, 2.75) is 37.3 Å². The normalized spacial score (nSPS) is 30.5. The number of carbonyl (C=O) groups is 2. The van der Waals surface area contributed by atoms with Crippen LogP contribution in [0.5, 0.6) is 0 Å². The minimum atomic E-state index is -1.81. The maximum atomic E-state index is 11.7. The molecule has 126 valence electrons. The van der Waals surface area contributed by atoms with Crippen LogP contribution in [0.25, 0.3) is 0 Å². The number of benzene rings is 1. The lowest BCUT2D eigenvalue weighted by molar-refractivity contribution is -0.248. The summed E-state index contributed by atoms with van der Waals surface area (Å²) in [5.74, 6) is -1.54.